The highest BCUT2D eigenvalue weighted by Gasteiger charge is 2.20. The minimum absolute atomic E-state index is 0.0752. The number of rotatable bonds is 6. The van der Waals surface area contributed by atoms with E-state index >= 15 is 0 Å². The molecule has 1 aliphatic heterocycles. The fourth-order valence-corrected chi connectivity index (χ4v) is 3.80. The second-order valence-electron chi connectivity index (χ2n) is 6.19. The van der Waals surface area contributed by atoms with Gasteiger partial charge in [0.1, 0.15) is 0 Å². The van der Waals surface area contributed by atoms with Gasteiger partial charge in [-0.3, -0.25) is 9.52 Å². The standard InChI is InChI=1S/C19H20N2O5S/c1-2-11-26-19(23)13-3-6-15(7-4-13)21-27(24,25)16-8-9-17-14(12-16)5-10-18(22)20-17/h3-4,6-9,12,21H,2,5,10-11H2,1H3,(H,20,22). The van der Waals surface area contributed by atoms with Crippen molar-refractivity contribution >= 4 is 33.3 Å². The van der Waals surface area contributed by atoms with Crippen LogP contribution < -0.4 is 10.0 Å². The molecule has 27 heavy (non-hydrogen) atoms. The third-order valence-electron chi connectivity index (χ3n) is 4.09. The van der Waals surface area contributed by atoms with E-state index in [9.17, 15) is 18.0 Å². The third-order valence-corrected chi connectivity index (χ3v) is 5.47. The van der Waals surface area contributed by atoms with Gasteiger partial charge in [0, 0.05) is 17.8 Å². The fraction of sp³-hybridized carbons (Fsp3) is 0.263. The minimum Gasteiger partial charge on any atom is -0.462 e. The number of nitrogens with one attached hydrogen (secondary N) is 2. The molecule has 0 atom stereocenters. The number of carbonyl (C=O) groups is 2. The Balaban J connectivity index is 1.75. The molecule has 142 valence electrons. The summed E-state index contributed by atoms with van der Waals surface area (Å²) in [6, 6.07) is 10.7. The molecule has 0 radical (unpaired) electrons. The van der Waals surface area contributed by atoms with Gasteiger partial charge in [0.25, 0.3) is 10.0 Å². The molecule has 1 heterocycles. The number of amides is 1. The van der Waals surface area contributed by atoms with Crippen molar-refractivity contribution < 1.29 is 22.7 Å². The van der Waals surface area contributed by atoms with Crippen LogP contribution in [-0.2, 0) is 26.0 Å². The number of esters is 1. The van der Waals surface area contributed by atoms with Crippen LogP contribution in [0.25, 0.3) is 0 Å². The molecule has 0 aromatic heterocycles. The number of fused-ring (bicyclic) bond motifs is 1. The van der Waals surface area contributed by atoms with Gasteiger partial charge in [0.2, 0.25) is 5.91 Å². The van der Waals surface area contributed by atoms with Gasteiger partial charge in [-0.15, -0.1) is 0 Å². The summed E-state index contributed by atoms with van der Waals surface area (Å²) in [7, 11) is -3.79. The van der Waals surface area contributed by atoms with Crippen LogP contribution in [0.1, 0.15) is 35.7 Å². The van der Waals surface area contributed by atoms with E-state index in [4.69, 9.17) is 4.74 Å². The highest BCUT2D eigenvalue weighted by Crippen LogP contribution is 2.26. The summed E-state index contributed by atoms with van der Waals surface area (Å²) in [5, 5.41) is 2.72. The zero-order valence-electron chi connectivity index (χ0n) is 14.8. The first-order chi connectivity index (χ1) is 12.9. The Hall–Kier alpha value is -2.87. The van der Waals surface area contributed by atoms with E-state index in [1.54, 1.807) is 12.1 Å². The molecule has 0 saturated heterocycles. The average molecular weight is 388 g/mol. The van der Waals surface area contributed by atoms with Crippen LogP contribution in [0.2, 0.25) is 0 Å². The molecule has 0 bridgehead atoms. The highest BCUT2D eigenvalue weighted by molar-refractivity contribution is 7.92. The first-order valence-electron chi connectivity index (χ1n) is 8.62. The summed E-state index contributed by atoms with van der Waals surface area (Å²) in [5.41, 5.74) is 2.12. The predicted molar refractivity (Wildman–Crippen MR) is 101 cm³/mol. The van der Waals surface area contributed by atoms with E-state index in [0.717, 1.165) is 12.0 Å². The Morgan fingerprint density at radius 2 is 1.89 bits per heavy atom. The van der Waals surface area contributed by atoms with Gasteiger partial charge in [-0.2, -0.15) is 0 Å². The number of hydrogen-bond donors (Lipinski definition) is 2. The van der Waals surface area contributed by atoms with Crippen molar-refractivity contribution in [2.45, 2.75) is 31.1 Å². The second kappa shape index (κ2) is 7.79. The first-order valence-corrected chi connectivity index (χ1v) is 10.1. The molecular weight excluding hydrogens is 368 g/mol. The van der Waals surface area contributed by atoms with Crippen LogP contribution in [0.3, 0.4) is 0 Å². The minimum atomic E-state index is -3.79. The van der Waals surface area contributed by atoms with Gasteiger partial charge in [-0.1, -0.05) is 6.92 Å². The van der Waals surface area contributed by atoms with Gasteiger partial charge in [-0.05, 0) is 60.9 Å². The summed E-state index contributed by atoms with van der Waals surface area (Å²) >= 11 is 0. The number of ether oxygens (including phenoxy) is 1. The zero-order chi connectivity index (χ0) is 19.4. The largest absolute Gasteiger partial charge is 0.462 e. The average Bonchev–Trinajstić information content (AvgIpc) is 2.66. The smallest absolute Gasteiger partial charge is 0.338 e. The Bertz CT molecular complexity index is 968. The maximum absolute atomic E-state index is 12.6. The second-order valence-corrected chi connectivity index (χ2v) is 7.87. The lowest BCUT2D eigenvalue weighted by molar-refractivity contribution is -0.116. The van der Waals surface area contributed by atoms with E-state index in [-0.39, 0.29) is 10.8 Å². The highest BCUT2D eigenvalue weighted by atomic mass is 32.2. The maximum Gasteiger partial charge on any atom is 0.338 e. The predicted octanol–water partition coefficient (Wildman–Crippen LogP) is 2.94. The first kappa shape index (κ1) is 18.9. The monoisotopic (exact) mass is 388 g/mol. The molecule has 0 spiro atoms. The molecule has 0 fully saturated rings. The molecule has 2 N–H and O–H groups in total. The Morgan fingerprint density at radius 3 is 2.59 bits per heavy atom. The zero-order valence-corrected chi connectivity index (χ0v) is 15.6. The molecule has 0 saturated carbocycles. The van der Waals surface area contributed by atoms with E-state index in [0.29, 0.717) is 36.4 Å². The van der Waals surface area contributed by atoms with E-state index in [1.165, 1.54) is 30.3 Å². The summed E-state index contributed by atoms with van der Waals surface area (Å²) in [4.78, 5) is 23.3. The van der Waals surface area contributed by atoms with Crippen molar-refractivity contribution in [3.63, 3.8) is 0 Å². The molecular formula is C19H20N2O5S. The summed E-state index contributed by atoms with van der Waals surface area (Å²) in [6.07, 6.45) is 1.56. The van der Waals surface area contributed by atoms with E-state index < -0.39 is 16.0 Å². The fourth-order valence-electron chi connectivity index (χ4n) is 2.69. The van der Waals surface area contributed by atoms with Crippen molar-refractivity contribution in [2.75, 3.05) is 16.6 Å². The quantitative estimate of drug-likeness (QED) is 0.741. The van der Waals surface area contributed by atoms with Gasteiger partial charge in [0.15, 0.2) is 0 Å². The van der Waals surface area contributed by atoms with E-state index in [1.807, 2.05) is 6.92 Å². The summed E-state index contributed by atoms with van der Waals surface area (Å²) in [6.45, 7) is 2.24. The normalized spacial score (nSPS) is 13.4. The molecule has 2 aromatic carbocycles. The van der Waals surface area contributed by atoms with Crippen LogP contribution in [0.5, 0.6) is 0 Å². The van der Waals surface area contributed by atoms with Gasteiger partial charge in [0.05, 0.1) is 17.1 Å². The molecule has 2 aromatic rings. The number of sulfonamides is 1. The molecule has 0 unspecified atom stereocenters. The van der Waals surface area contributed by atoms with Gasteiger partial charge >= 0.3 is 5.97 Å². The number of benzene rings is 2. The summed E-state index contributed by atoms with van der Waals surface area (Å²) < 4.78 is 32.8. The van der Waals surface area contributed by atoms with Crippen molar-refractivity contribution in [3.05, 3.63) is 53.6 Å². The molecule has 1 amide bonds. The molecule has 0 aliphatic carbocycles. The van der Waals surface area contributed by atoms with Crippen molar-refractivity contribution in [2.24, 2.45) is 0 Å². The SMILES string of the molecule is CCCOC(=O)c1ccc(NS(=O)(=O)c2ccc3c(c2)CCC(=O)N3)cc1. The number of aryl methyl sites for hydroxylation is 1. The summed E-state index contributed by atoms with van der Waals surface area (Å²) in [5.74, 6) is -0.517. The molecule has 7 nitrogen and oxygen atoms in total. The van der Waals surface area contributed by atoms with Gasteiger partial charge in [-0.25, -0.2) is 13.2 Å². The Kier molecular flexibility index (Phi) is 5.46. The molecule has 8 heteroatoms. The van der Waals surface area contributed by atoms with Crippen LogP contribution in [0, 0.1) is 0 Å². The lowest BCUT2D eigenvalue weighted by Crippen LogP contribution is -2.20. The number of carbonyl (C=O) groups excluding carboxylic acids is 2. The third kappa shape index (κ3) is 4.46. The number of hydrogen-bond acceptors (Lipinski definition) is 5. The lowest BCUT2D eigenvalue weighted by atomic mass is 10.0. The lowest BCUT2D eigenvalue weighted by Gasteiger charge is -2.18. The number of anilines is 2. The van der Waals surface area contributed by atoms with Gasteiger partial charge < -0.3 is 10.1 Å². The van der Waals surface area contributed by atoms with Crippen molar-refractivity contribution in [1.29, 1.82) is 0 Å². The van der Waals surface area contributed by atoms with Crippen molar-refractivity contribution in [3.8, 4) is 0 Å². The van der Waals surface area contributed by atoms with Crippen molar-refractivity contribution in [1.82, 2.24) is 0 Å². The van der Waals surface area contributed by atoms with E-state index in [2.05, 4.69) is 10.0 Å². The van der Waals surface area contributed by atoms with Crippen LogP contribution in [0.4, 0.5) is 11.4 Å². The maximum atomic E-state index is 12.6. The topological polar surface area (TPSA) is 102 Å². The van der Waals surface area contributed by atoms with Crippen LogP contribution >= 0.6 is 0 Å². The molecule has 3 rings (SSSR count). The van der Waals surface area contributed by atoms with Crippen LogP contribution in [0.15, 0.2) is 47.4 Å². The Labute approximate surface area is 157 Å². The molecule has 1 aliphatic rings. The Morgan fingerprint density at radius 1 is 1.15 bits per heavy atom. The van der Waals surface area contributed by atoms with Crippen LogP contribution in [-0.4, -0.2) is 26.9 Å².